The van der Waals surface area contributed by atoms with Crippen LogP contribution in [-0.2, 0) is 15.3 Å². The van der Waals surface area contributed by atoms with Crippen LogP contribution in [0.1, 0.15) is 18.4 Å². The first-order chi connectivity index (χ1) is 11.7. The summed E-state index contributed by atoms with van der Waals surface area (Å²) in [7, 11) is 0. The zero-order chi connectivity index (χ0) is 16.8. The zero-order valence-corrected chi connectivity index (χ0v) is 14.6. The minimum atomic E-state index is -0.751. The summed E-state index contributed by atoms with van der Waals surface area (Å²) in [5.74, 6) is 1.77. The molecule has 0 saturated carbocycles. The highest BCUT2D eigenvalue weighted by molar-refractivity contribution is 7.98. The van der Waals surface area contributed by atoms with Crippen molar-refractivity contribution in [2.24, 2.45) is 5.73 Å². The standard InChI is InChI=1S/C19H24N2O2S/c20-19(8-11-23-12-9-19)18(22)21-10-13-24-14-16-6-3-5-15-4-1-2-7-17(15)16/h1-7H,8-14,20H2,(H,21,22). The van der Waals surface area contributed by atoms with Gasteiger partial charge >= 0.3 is 0 Å². The molecule has 5 heteroatoms. The number of carbonyl (C=O) groups is 1. The van der Waals surface area contributed by atoms with E-state index in [4.69, 9.17) is 10.5 Å². The first-order valence-electron chi connectivity index (χ1n) is 8.38. The number of amides is 1. The number of thioether (sulfide) groups is 1. The van der Waals surface area contributed by atoms with E-state index in [0.29, 0.717) is 32.6 Å². The molecule has 4 nitrogen and oxygen atoms in total. The van der Waals surface area contributed by atoms with E-state index >= 15 is 0 Å². The Labute approximate surface area is 147 Å². The van der Waals surface area contributed by atoms with Crippen molar-refractivity contribution in [3.63, 3.8) is 0 Å². The molecule has 1 heterocycles. The maximum Gasteiger partial charge on any atom is 0.240 e. The summed E-state index contributed by atoms with van der Waals surface area (Å²) in [4.78, 5) is 12.2. The molecule has 3 N–H and O–H groups in total. The quantitative estimate of drug-likeness (QED) is 0.791. The molecule has 0 spiro atoms. The Morgan fingerprint density at radius 2 is 1.92 bits per heavy atom. The Bertz CT molecular complexity index is 693. The molecule has 1 fully saturated rings. The molecule has 1 aliphatic heterocycles. The van der Waals surface area contributed by atoms with E-state index in [2.05, 4.69) is 47.8 Å². The molecule has 0 unspecified atom stereocenters. The van der Waals surface area contributed by atoms with Crippen LogP contribution in [0.25, 0.3) is 10.8 Å². The third-order valence-corrected chi connectivity index (χ3v) is 5.51. The Morgan fingerprint density at radius 3 is 2.75 bits per heavy atom. The van der Waals surface area contributed by atoms with E-state index in [-0.39, 0.29) is 5.91 Å². The number of nitrogens with two attached hydrogens (primary N) is 1. The molecule has 0 aromatic heterocycles. The van der Waals surface area contributed by atoms with Gasteiger partial charge in [-0.2, -0.15) is 11.8 Å². The van der Waals surface area contributed by atoms with Crippen molar-refractivity contribution in [2.45, 2.75) is 24.1 Å². The van der Waals surface area contributed by atoms with Gasteiger partial charge in [0, 0.05) is 31.3 Å². The summed E-state index contributed by atoms with van der Waals surface area (Å²) in [6.07, 6.45) is 1.20. The fourth-order valence-corrected chi connectivity index (χ4v) is 3.84. The third-order valence-electron chi connectivity index (χ3n) is 4.51. The van der Waals surface area contributed by atoms with Crippen LogP contribution in [0.2, 0.25) is 0 Å². The van der Waals surface area contributed by atoms with Crippen molar-refractivity contribution in [2.75, 3.05) is 25.5 Å². The Hall–Kier alpha value is -1.56. The predicted molar refractivity (Wildman–Crippen MR) is 100 cm³/mol. The highest BCUT2D eigenvalue weighted by Crippen LogP contribution is 2.22. The molecule has 128 valence electrons. The van der Waals surface area contributed by atoms with Gasteiger partial charge in [0.15, 0.2) is 0 Å². The van der Waals surface area contributed by atoms with Crippen LogP contribution in [-0.4, -0.2) is 37.0 Å². The van der Waals surface area contributed by atoms with Crippen LogP contribution in [0.15, 0.2) is 42.5 Å². The average molecular weight is 344 g/mol. The second-order valence-corrected chi connectivity index (χ2v) is 7.32. The van der Waals surface area contributed by atoms with Crippen LogP contribution in [0.5, 0.6) is 0 Å². The van der Waals surface area contributed by atoms with E-state index in [9.17, 15) is 4.79 Å². The predicted octanol–water partition coefficient (Wildman–Crippen LogP) is 2.70. The summed E-state index contributed by atoms with van der Waals surface area (Å²) in [6, 6.07) is 14.8. The van der Waals surface area contributed by atoms with E-state index in [1.54, 1.807) is 0 Å². The normalized spacial score (nSPS) is 16.9. The van der Waals surface area contributed by atoms with E-state index in [0.717, 1.165) is 11.5 Å². The summed E-state index contributed by atoms with van der Waals surface area (Å²) in [5.41, 5.74) is 6.76. The maximum atomic E-state index is 12.2. The molecule has 24 heavy (non-hydrogen) atoms. The third kappa shape index (κ3) is 4.09. The van der Waals surface area contributed by atoms with Gasteiger partial charge in [0.05, 0.1) is 5.54 Å². The highest BCUT2D eigenvalue weighted by atomic mass is 32.2. The molecule has 1 saturated heterocycles. The first-order valence-corrected chi connectivity index (χ1v) is 9.54. The summed E-state index contributed by atoms with van der Waals surface area (Å²) in [5, 5.41) is 5.55. The molecule has 1 aliphatic rings. The monoisotopic (exact) mass is 344 g/mol. The largest absolute Gasteiger partial charge is 0.381 e. The van der Waals surface area contributed by atoms with E-state index in [1.165, 1.54) is 16.3 Å². The van der Waals surface area contributed by atoms with Crippen LogP contribution < -0.4 is 11.1 Å². The van der Waals surface area contributed by atoms with Crippen molar-refractivity contribution in [1.29, 1.82) is 0 Å². The molecular formula is C19H24N2O2S. The fraction of sp³-hybridized carbons (Fsp3) is 0.421. The minimum Gasteiger partial charge on any atom is -0.381 e. The van der Waals surface area contributed by atoms with Crippen LogP contribution in [0, 0.1) is 0 Å². The SMILES string of the molecule is NC1(C(=O)NCCSCc2cccc3ccccc23)CCOCC1. The summed E-state index contributed by atoms with van der Waals surface area (Å²) in [6.45, 7) is 1.79. The molecule has 2 aromatic carbocycles. The lowest BCUT2D eigenvalue weighted by Gasteiger charge is -2.31. The van der Waals surface area contributed by atoms with Gasteiger partial charge in [-0.3, -0.25) is 4.79 Å². The smallest absolute Gasteiger partial charge is 0.240 e. The van der Waals surface area contributed by atoms with Gasteiger partial charge in [0.25, 0.3) is 0 Å². The Morgan fingerprint density at radius 1 is 1.17 bits per heavy atom. The van der Waals surface area contributed by atoms with Crippen molar-refractivity contribution < 1.29 is 9.53 Å². The van der Waals surface area contributed by atoms with Gasteiger partial charge in [-0.1, -0.05) is 42.5 Å². The molecule has 2 aromatic rings. The lowest BCUT2D eigenvalue weighted by molar-refractivity contribution is -0.129. The summed E-state index contributed by atoms with van der Waals surface area (Å²) < 4.78 is 5.28. The molecule has 0 atom stereocenters. The van der Waals surface area contributed by atoms with Gasteiger partial charge < -0.3 is 15.8 Å². The second kappa shape index (κ2) is 8.01. The second-order valence-electron chi connectivity index (χ2n) is 6.22. The van der Waals surface area contributed by atoms with Crippen molar-refractivity contribution in [3.05, 3.63) is 48.0 Å². The van der Waals surface area contributed by atoms with Crippen LogP contribution in [0.4, 0.5) is 0 Å². The minimum absolute atomic E-state index is 0.0449. The number of hydrogen-bond acceptors (Lipinski definition) is 4. The Kier molecular flexibility index (Phi) is 5.76. The topological polar surface area (TPSA) is 64.4 Å². The molecular weight excluding hydrogens is 320 g/mol. The van der Waals surface area contributed by atoms with Crippen LogP contribution in [0.3, 0.4) is 0 Å². The van der Waals surface area contributed by atoms with Gasteiger partial charge in [-0.15, -0.1) is 0 Å². The molecule has 1 amide bonds. The van der Waals surface area contributed by atoms with Gasteiger partial charge in [-0.25, -0.2) is 0 Å². The van der Waals surface area contributed by atoms with Gasteiger partial charge in [0.2, 0.25) is 5.91 Å². The van der Waals surface area contributed by atoms with Crippen molar-refractivity contribution in [3.8, 4) is 0 Å². The number of hydrogen-bond donors (Lipinski definition) is 2. The molecule has 0 bridgehead atoms. The molecule has 0 aliphatic carbocycles. The number of rotatable bonds is 6. The number of benzene rings is 2. The van der Waals surface area contributed by atoms with E-state index < -0.39 is 5.54 Å². The van der Waals surface area contributed by atoms with Crippen LogP contribution >= 0.6 is 11.8 Å². The number of carbonyl (C=O) groups excluding carboxylic acids is 1. The van der Waals surface area contributed by atoms with Gasteiger partial charge in [-0.05, 0) is 29.2 Å². The number of fused-ring (bicyclic) bond motifs is 1. The average Bonchev–Trinajstić information content (AvgIpc) is 2.62. The lowest BCUT2D eigenvalue weighted by Crippen LogP contribution is -2.57. The Balaban J connectivity index is 1.44. The van der Waals surface area contributed by atoms with Crippen molar-refractivity contribution >= 4 is 28.4 Å². The molecule has 3 rings (SSSR count). The lowest BCUT2D eigenvalue weighted by atomic mass is 9.90. The highest BCUT2D eigenvalue weighted by Gasteiger charge is 2.35. The fourth-order valence-electron chi connectivity index (χ4n) is 2.98. The maximum absolute atomic E-state index is 12.2. The zero-order valence-electron chi connectivity index (χ0n) is 13.8. The number of ether oxygens (including phenoxy) is 1. The molecule has 0 radical (unpaired) electrons. The van der Waals surface area contributed by atoms with Gasteiger partial charge in [0.1, 0.15) is 0 Å². The number of nitrogens with one attached hydrogen (secondary N) is 1. The van der Waals surface area contributed by atoms with Crippen molar-refractivity contribution in [1.82, 2.24) is 5.32 Å². The summed E-state index contributed by atoms with van der Waals surface area (Å²) >= 11 is 1.83. The first kappa shape index (κ1) is 17.3. The van der Waals surface area contributed by atoms with E-state index in [1.807, 2.05) is 11.8 Å².